The van der Waals surface area contributed by atoms with Crippen molar-refractivity contribution in [3.8, 4) is 5.75 Å². The van der Waals surface area contributed by atoms with Gasteiger partial charge in [0.25, 0.3) is 0 Å². The number of anilines is 1. The Balaban J connectivity index is 1.66. The van der Waals surface area contributed by atoms with Crippen molar-refractivity contribution in [3.05, 3.63) is 95.1 Å². The van der Waals surface area contributed by atoms with E-state index in [1.54, 1.807) is 0 Å². The summed E-state index contributed by atoms with van der Waals surface area (Å²) in [5.74, 6) is 0.299. The van der Waals surface area contributed by atoms with Crippen LogP contribution in [0.2, 0.25) is 5.02 Å². The fourth-order valence-corrected chi connectivity index (χ4v) is 3.98. The summed E-state index contributed by atoms with van der Waals surface area (Å²) in [6.45, 7) is 0.595. The van der Waals surface area contributed by atoms with Gasteiger partial charge in [-0.05, 0) is 29.8 Å². The molecular weight excluding hydrogens is 372 g/mol. The number of halogens is 1. The zero-order chi connectivity index (χ0) is 19.1. The van der Waals surface area contributed by atoms with Crippen LogP contribution in [-0.2, 0) is 11.3 Å². The second-order valence-corrected chi connectivity index (χ2v) is 7.28. The Bertz CT molecular complexity index is 1170. The van der Waals surface area contributed by atoms with E-state index in [9.17, 15) is 4.79 Å². The number of para-hydroxylation sites is 2. The Hall–Kier alpha value is -3.24. The number of ether oxygens (including phenoxy) is 1. The van der Waals surface area contributed by atoms with E-state index in [1.807, 2.05) is 66.9 Å². The lowest BCUT2D eigenvalue weighted by atomic mass is 10.0. The summed E-state index contributed by atoms with van der Waals surface area (Å²) in [4.78, 5) is 18.4. The lowest BCUT2D eigenvalue weighted by Gasteiger charge is -2.37. The van der Waals surface area contributed by atoms with E-state index in [1.165, 1.54) is 0 Å². The zero-order valence-corrected chi connectivity index (χ0v) is 15.7. The van der Waals surface area contributed by atoms with Gasteiger partial charge in [0.2, 0.25) is 0 Å². The largest absolute Gasteiger partial charge is 0.423 e. The van der Waals surface area contributed by atoms with E-state index in [0.717, 1.165) is 27.7 Å². The molecule has 1 aromatic heterocycles. The first-order valence-electron chi connectivity index (χ1n) is 9.08. The second-order valence-electron chi connectivity index (χ2n) is 6.84. The molecule has 0 amide bonds. The molecule has 1 N–H and O–H groups in total. The molecule has 0 fully saturated rings. The average molecular weight is 389 g/mol. The maximum Gasteiger partial charge on any atom is 0.339 e. The lowest BCUT2D eigenvalue weighted by Crippen LogP contribution is -2.40. The highest BCUT2D eigenvalue weighted by Crippen LogP contribution is 2.42. The van der Waals surface area contributed by atoms with Crippen LogP contribution in [0.3, 0.4) is 0 Å². The number of rotatable bonds is 3. The van der Waals surface area contributed by atoms with Crippen molar-refractivity contribution >= 4 is 34.2 Å². The Kier molecular flexibility index (Phi) is 4.06. The SMILES string of the molecule is O=C1Oc2ccccc2N(Cc2ccccc2)C1c1c[nH]c2cc(Cl)ccc12. The van der Waals surface area contributed by atoms with Crippen LogP contribution in [-0.4, -0.2) is 11.0 Å². The summed E-state index contributed by atoms with van der Waals surface area (Å²) in [7, 11) is 0. The van der Waals surface area contributed by atoms with Gasteiger partial charge in [-0.2, -0.15) is 0 Å². The number of H-pyrrole nitrogens is 1. The fraction of sp³-hybridized carbons (Fsp3) is 0.0870. The molecule has 28 heavy (non-hydrogen) atoms. The van der Waals surface area contributed by atoms with Crippen LogP contribution in [0.15, 0.2) is 79.0 Å². The highest BCUT2D eigenvalue weighted by Gasteiger charge is 2.37. The van der Waals surface area contributed by atoms with Crippen LogP contribution >= 0.6 is 11.6 Å². The third-order valence-electron chi connectivity index (χ3n) is 5.09. The van der Waals surface area contributed by atoms with Crippen molar-refractivity contribution in [2.45, 2.75) is 12.6 Å². The van der Waals surface area contributed by atoms with E-state index >= 15 is 0 Å². The van der Waals surface area contributed by atoms with Gasteiger partial charge in [0.05, 0.1) is 5.69 Å². The molecule has 4 nitrogen and oxygen atoms in total. The Morgan fingerprint density at radius 3 is 2.64 bits per heavy atom. The Morgan fingerprint density at radius 2 is 1.79 bits per heavy atom. The smallest absolute Gasteiger partial charge is 0.339 e. The van der Waals surface area contributed by atoms with Crippen molar-refractivity contribution in [2.75, 3.05) is 4.90 Å². The van der Waals surface area contributed by atoms with E-state index in [2.05, 4.69) is 22.0 Å². The highest BCUT2D eigenvalue weighted by atomic mass is 35.5. The van der Waals surface area contributed by atoms with Crippen molar-refractivity contribution < 1.29 is 9.53 Å². The number of esters is 1. The predicted octanol–water partition coefficient (Wildman–Crippen LogP) is 5.49. The molecule has 5 rings (SSSR count). The topological polar surface area (TPSA) is 45.3 Å². The Labute approximate surface area is 167 Å². The normalized spacial score (nSPS) is 16.1. The number of carbonyl (C=O) groups excluding carboxylic acids is 1. The Morgan fingerprint density at radius 1 is 1.00 bits per heavy atom. The highest BCUT2D eigenvalue weighted by molar-refractivity contribution is 6.31. The lowest BCUT2D eigenvalue weighted by molar-refractivity contribution is -0.136. The molecule has 4 aromatic rings. The summed E-state index contributed by atoms with van der Waals surface area (Å²) in [5.41, 5.74) is 3.80. The van der Waals surface area contributed by atoms with E-state index < -0.39 is 6.04 Å². The number of hydrogen-bond donors (Lipinski definition) is 1. The molecule has 1 unspecified atom stereocenters. The van der Waals surface area contributed by atoms with Crippen LogP contribution in [0.5, 0.6) is 5.75 Å². The molecule has 2 heterocycles. The first-order valence-corrected chi connectivity index (χ1v) is 9.46. The molecule has 5 heteroatoms. The van der Waals surface area contributed by atoms with Crippen LogP contribution in [0.1, 0.15) is 17.2 Å². The van der Waals surface area contributed by atoms with Gasteiger partial charge in [0, 0.05) is 34.2 Å². The van der Waals surface area contributed by atoms with Crippen molar-refractivity contribution in [1.82, 2.24) is 4.98 Å². The van der Waals surface area contributed by atoms with Gasteiger partial charge < -0.3 is 14.6 Å². The van der Waals surface area contributed by atoms with Gasteiger partial charge in [-0.1, -0.05) is 60.1 Å². The monoisotopic (exact) mass is 388 g/mol. The second kappa shape index (κ2) is 6.73. The summed E-state index contributed by atoms with van der Waals surface area (Å²) >= 11 is 6.12. The summed E-state index contributed by atoms with van der Waals surface area (Å²) < 4.78 is 5.69. The minimum atomic E-state index is -0.551. The first kappa shape index (κ1) is 16.9. The molecule has 1 aliphatic rings. The van der Waals surface area contributed by atoms with E-state index in [0.29, 0.717) is 17.3 Å². The van der Waals surface area contributed by atoms with E-state index in [4.69, 9.17) is 16.3 Å². The van der Waals surface area contributed by atoms with Crippen molar-refractivity contribution in [3.63, 3.8) is 0 Å². The van der Waals surface area contributed by atoms with Crippen LogP contribution < -0.4 is 9.64 Å². The summed E-state index contributed by atoms with van der Waals surface area (Å²) in [6.07, 6.45) is 1.87. The summed E-state index contributed by atoms with van der Waals surface area (Å²) in [5, 5.41) is 1.61. The molecule has 0 spiro atoms. The number of carbonyl (C=O) groups is 1. The maximum absolute atomic E-state index is 13.1. The number of aromatic amines is 1. The minimum absolute atomic E-state index is 0.287. The van der Waals surface area contributed by atoms with Crippen LogP contribution in [0.4, 0.5) is 5.69 Å². The van der Waals surface area contributed by atoms with Gasteiger partial charge in [-0.3, -0.25) is 0 Å². The van der Waals surface area contributed by atoms with Gasteiger partial charge in [0.1, 0.15) is 0 Å². The maximum atomic E-state index is 13.1. The molecule has 0 saturated heterocycles. The molecule has 1 aliphatic heterocycles. The van der Waals surface area contributed by atoms with Gasteiger partial charge in [-0.15, -0.1) is 0 Å². The molecule has 138 valence electrons. The van der Waals surface area contributed by atoms with Crippen LogP contribution in [0.25, 0.3) is 10.9 Å². The first-order chi connectivity index (χ1) is 13.7. The van der Waals surface area contributed by atoms with Gasteiger partial charge in [0.15, 0.2) is 11.8 Å². The van der Waals surface area contributed by atoms with E-state index in [-0.39, 0.29) is 5.97 Å². The number of fused-ring (bicyclic) bond motifs is 2. The minimum Gasteiger partial charge on any atom is -0.423 e. The number of nitrogens with one attached hydrogen (secondary N) is 1. The summed E-state index contributed by atoms with van der Waals surface area (Å²) in [6, 6.07) is 22.9. The van der Waals surface area contributed by atoms with Crippen LogP contribution in [0, 0.1) is 0 Å². The molecule has 3 aromatic carbocycles. The fourth-order valence-electron chi connectivity index (χ4n) is 3.81. The molecule has 0 saturated carbocycles. The van der Waals surface area contributed by atoms with Crippen molar-refractivity contribution in [2.24, 2.45) is 0 Å². The molecule has 0 radical (unpaired) electrons. The standard InChI is InChI=1S/C23H17ClN2O2/c24-16-10-11-17-18(13-25-19(17)12-16)22-23(27)28-21-9-5-4-8-20(21)26(22)14-15-6-2-1-3-7-15/h1-13,22,25H,14H2. The van der Waals surface area contributed by atoms with Crippen molar-refractivity contribution in [1.29, 1.82) is 0 Å². The zero-order valence-electron chi connectivity index (χ0n) is 14.9. The third kappa shape index (κ3) is 2.83. The quantitative estimate of drug-likeness (QED) is 0.373. The number of hydrogen-bond acceptors (Lipinski definition) is 3. The number of nitrogens with zero attached hydrogens (tertiary/aromatic N) is 1. The third-order valence-corrected chi connectivity index (χ3v) is 5.32. The number of aromatic nitrogens is 1. The molecule has 0 bridgehead atoms. The van der Waals surface area contributed by atoms with Gasteiger partial charge in [-0.25, -0.2) is 4.79 Å². The number of benzene rings is 3. The molecular formula is C23H17ClN2O2. The van der Waals surface area contributed by atoms with Gasteiger partial charge >= 0.3 is 5.97 Å². The predicted molar refractivity (Wildman–Crippen MR) is 111 cm³/mol. The molecule has 1 atom stereocenters. The average Bonchev–Trinajstić information content (AvgIpc) is 3.11. The molecule has 0 aliphatic carbocycles.